The molecule has 0 aromatic heterocycles. The van der Waals surface area contributed by atoms with E-state index in [0.29, 0.717) is 158 Å². The molecule has 0 aliphatic rings. The lowest BCUT2D eigenvalue weighted by atomic mass is 10.2. The molecule has 14 nitrogen and oxygen atoms in total. The first-order chi connectivity index (χ1) is 25.3. The van der Waals surface area contributed by atoms with Crippen molar-refractivity contribution in [3.05, 3.63) is 0 Å². The van der Waals surface area contributed by atoms with E-state index >= 15 is 0 Å². The van der Waals surface area contributed by atoms with Crippen molar-refractivity contribution >= 4 is 5.97 Å². The van der Waals surface area contributed by atoms with Gasteiger partial charge in [-0.25, -0.2) is 0 Å². The number of rotatable bonds is 46. The topological polar surface area (TPSA) is 137 Å². The molecule has 0 radical (unpaired) electrons. The maximum absolute atomic E-state index is 11.6. The van der Waals surface area contributed by atoms with Crippen LogP contribution in [0, 0.1) is 0 Å². The maximum Gasteiger partial charge on any atom is 0.305 e. The van der Waals surface area contributed by atoms with Crippen molar-refractivity contribution in [3.63, 3.8) is 0 Å². The lowest BCUT2D eigenvalue weighted by molar-refractivity contribution is -0.145. The molecule has 0 heterocycles. The molecule has 0 aromatic carbocycles. The second-order valence-corrected chi connectivity index (χ2v) is 11.4. The number of ether oxygens (including phenoxy) is 13. The molecule has 0 saturated heterocycles. The molecule has 0 unspecified atom stereocenters. The van der Waals surface area contributed by atoms with Gasteiger partial charge in [0.25, 0.3) is 0 Å². The molecule has 0 spiro atoms. The zero-order valence-corrected chi connectivity index (χ0v) is 32.3. The standard InChI is InChI=1S/C37H74O14/c1-3-5-7-9-11-37(38)51-36-35-50-34-33-49-32-31-48-30-29-47-28-27-46-26-25-45-24-23-44-22-21-43-20-19-42-18-17-41-16-15-40-14-13-39-12-10-8-6-4-2/h3-36H2,1-2H3. The zero-order chi connectivity index (χ0) is 36.8. The van der Waals surface area contributed by atoms with Gasteiger partial charge in [0.2, 0.25) is 0 Å². The second-order valence-electron chi connectivity index (χ2n) is 11.4. The molecule has 0 bridgehead atoms. The van der Waals surface area contributed by atoms with Crippen LogP contribution in [0.25, 0.3) is 0 Å². The van der Waals surface area contributed by atoms with Gasteiger partial charge in [-0.05, 0) is 12.8 Å². The smallest absolute Gasteiger partial charge is 0.305 e. The summed E-state index contributed by atoms with van der Waals surface area (Å²) in [4.78, 5) is 11.6. The first kappa shape index (κ1) is 50.0. The largest absolute Gasteiger partial charge is 0.463 e. The quantitative estimate of drug-likeness (QED) is 0.0648. The van der Waals surface area contributed by atoms with Crippen molar-refractivity contribution < 1.29 is 66.4 Å². The Balaban J connectivity index is 3.08. The molecule has 0 amide bonds. The van der Waals surface area contributed by atoms with E-state index in [-0.39, 0.29) is 12.6 Å². The van der Waals surface area contributed by atoms with Crippen molar-refractivity contribution in [3.8, 4) is 0 Å². The van der Waals surface area contributed by atoms with Crippen LogP contribution >= 0.6 is 0 Å². The number of carbonyl (C=O) groups is 1. The van der Waals surface area contributed by atoms with E-state index in [9.17, 15) is 4.79 Å². The molecule has 0 N–H and O–H groups in total. The van der Waals surface area contributed by atoms with E-state index < -0.39 is 0 Å². The fourth-order valence-corrected chi connectivity index (χ4v) is 4.13. The van der Waals surface area contributed by atoms with Gasteiger partial charge < -0.3 is 61.6 Å². The van der Waals surface area contributed by atoms with Crippen molar-refractivity contribution in [1.82, 2.24) is 0 Å². The minimum atomic E-state index is -0.152. The average Bonchev–Trinajstić information content (AvgIpc) is 3.14. The molecule has 0 atom stereocenters. The Morgan fingerprint density at radius 3 is 0.784 bits per heavy atom. The Hall–Kier alpha value is -1.01. The zero-order valence-electron chi connectivity index (χ0n) is 32.3. The number of hydrogen-bond acceptors (Lipinski definition) is 14. The van der Waals surface area contributed by atoms with Crippen LogP contribution in [-0.2, 0) is 66.4 Å². The van der Waals surface area contributed by atoms with E-state index in [0.717, 1.165) is 38.7 Å². The van der Waals surface area contributed by atoms with Crippen LogP contribution in [-0.4, -0.2) is 171 Å². The third-order valence-electron chi connectivity index (χ3n) is 6.96. The predicted octanol–water partition coefficient (Wildman–Crippen LogP) is 4.28. The lowest BCUT2D eigenvalue weighted by Gasteiger charge is -2.09. The normalized spacial score (nSPS) is 11.5. The highest BCUT2D eigenvalue weighted by Crippen LogP contribution is 2.03. The Morgan fingerprint density at radius 1 is 0.275 bits per heavy atom. The van der Waals surface area contributed by atoms with E-state index in [1.807, 2.05) is 0 Å². The lowest BCUT2D eigenvalue weighted by Crippen LogP contribution is -2.15. The van der Waals surface area contributed by atoms with Gasteiger partial charge in [-0.1, -0.05) is 52.4 Å². The molecule has 0 aliphatic carbocycles. The summed E-state index contributed by atoms with van der Waals surface area (Å²) >= 11 is 0. The summed E-state index contributed by atoms with van der Waals surface area (Å²) in [5, 5.41) is 0. The maximum atomic E-state index is 11.6. The third kappa shape index (κ3) is 47.0. The molecule has 0 saturated carbocycles. The van der Waals surface area contributed by atoms with Gasteiger partial charge in [0, 0.05) is 13.0 Å². The van der Waals surface area contributed by atoms with Crippen molar-refractivity contribution in [2.24, 2.45) is 0 Å². The summed E-state index contributed by atoms with van der Waals surface area (Å²) in [6.45, 7) is 17.2. The average molecular weight is 743 g/mol. The molecule has 0 fully saturated rings. The summed E-state index contributed by atoms with van der Waals surface area (Å²) in [5.41, 5.74) is 0. The SMILES string of the molecule is CCCCCCOCCOCCOCCOCCOCCOCCOCCOCCOCCOCCOCCOCCOC(=O)CCCCCC. The summed E-state index contributed by atoms with van der Waals surface area (Å²) in [5.74, 6) is -0.152. The molecule has 0 aromatic rings. The fraction of sp³-hybridized carbons (Fsp3) is 0.973. The predicted molar refractivity (Wildman–Crippen MR) is 194 cm³/mol. The van der Waals surface area contributed by atoms with E-state index in [1.54, 1.807) is 0 Å². The minimum absolute atomic E-state index is 0.152. The van der Waals surface area contributed by atoms with Crippen LogP contribution in [0.4, 0.5) is 0 Å². The van der Waals surface area contributed by atoms with Crippen LogP contribution in [0.15, 0.2) is 0 Å². The highest BCUT2D eigenvalue weighted by Gasteiger charge is 2.02. The number of unbranched alkanes of at least 4 members (excludes halogenated alkanes) is 6. The highest BCUT2D eigenvalue weighted by molar-refractivity contribution is 5.69. The third-order valence-corrected chi connectivity index (χ3v) is 6.96. The van der Waals surface area contributed by atoms with Gasteiger partial charge in [0.15, 0.2) is 0 Å². The number of carbonyl (C=O) groups excluding carboxylic acids is 1. The van der Waals surface area contributed by atoms with Gasteiger partial charge >= 0.3 is 5.97 Å². The van der Waals surface area contributed by atoms with Crippen molar-refractivity contribution in [2.75, 3.05) is 165 Å². The molecule has 306 valence electrons. The van der Waals surface area contributed by atoms with Gasteiger partial charge in [0.05, 0.1) is 152 Å². The first-order valence-electron chi connectivity index (χ1n) is 19.4. The van der Waals surface area contributed by atoms with Gasteiger partial charge in [-0.3, -0.25) is 4.79 Å². The van der Waals surface area contributed by atoms with Crippen molar-refractivity contribution in [1.29, 1.82) is 0 Å². The first-order valence-corrected chi connectivity index (χ1v) is 19.4. The summed E-state index contributed by atoms with van der Waals surface area (Å²) < 4.78 is 70.9. The minimum Gasteiger partial charge on any atom is -0.463 e. The van der Waals surface area contributed by atoms with Crippen LogP contribution in [0.5, 0.6) is 0 Å². The summed E-state index contributed by atoms with van der Waals surface area (Å²) in [6, 6.07) is 0. The van der Waals surface area contributed by atoms with Crippen LogP contribution in [0.2, 0.25) is 0 Å². The summed E-state index contributed by atoms with van der Waals surface area (Å²) in [6.07, 6.45) is 9.64. The number of esters is 1. The summed E-state index contributed by atoms with van der Waals surface area (Å²) in [7, 11) is 0. The second kappa shape index (κ2) is 47.0. The van der Waals surface area contributed by atoms with E-state index in [4.69, 9.17) is 61.6 Å². The van der Waals surface area contributed by atoms with Crippen molar-refractivity contribution in [2.45, 2.75) is 71.6 Å². The number of hydrogen-bond donors (Lipinski definition) is 0. The van der Waals surface area contributed by atoms with Crippen LogP contribution in [0.1, 0.15) is 71.6 Å². The Morgan fingerprint density at radius 2 is 0.510 bits per heavy atom. The molecule has 0 rings (SSSR count). The molecule has 14 heteroatoms. The van der Waals surface area contributed by atoms with Gasteiger partial charge in [-0.2, -0.15) is 0 Å². The fourth-order valence-electron chi connectivity index (χ4n) is 4.13. The van der Waals surface area contributed by atoms with E-state index in [2.05, 4.69) is 13.8 Å². The van der Waals surface area contributed by atoms with Crippen LogP contribution in [0.3, 0.4) is 0 Å². The molecule has 0 aliphatic heterocycles. The Kier molecular flexibility index (Phi) is 46.1. The van der Waals surface area contributed by atoms with Crippen LogP contribution < -0.4 is 0 Å². The molecular weight excluding hydrogens is 668 g/mol. The Bertz CT molecular complexity index is 646. The molecule has 51 heavy (non-hydrogen) atoms. The van der Waals surface area contributed by atoms with Gasteiger partial charge in [-0.15, -0.1) is 0 Å². The van der Waals surface area contributed by atoms with Gasteiger partial charge in [0.1, 0.15) is 6.61 Å². The highest BCUT2D eigenvalue weighted by atomic mass is 16.6. The van der Waals surface area contributed by atoms with E-state index in [1.165, 1.54) is 19.3 Å². The molecular formula is C37H74O14. The monoisotopic (exact) mass is 743 g/mol. The Labute approximate surface area is 309 Å².